The number of likely N-dealkylation sites (N-methyl/N-ethyl adjacent to an activating group) is 1. The molecule has 1 aromatic carbocycles. The second-order valence-electron chi connectivity index (χ2n) is 7.32. The molecule has 0 aromatic heterocycles. The van der Waals surface area contributed by atoms with Crippen LogP contribution in [-0.2, 0) is 9.53 Å². The van der Waals surface area contributed by atoms with E-state index in [0.717, 1.165) is 31.6 Å². The lowest BCUT2D eigenvalue weighted by Crippen LogP contribution is -3.00. The topological polar surface area (TPSA) is 58.6 Å². The molecule has 1 aromatic rings. The minimum atomic E-state index is -0.319. The summed E-state index contributed by atoms with van der Waals surface area (Å²) < 4.78 is 5.35. The van der Waals surface area contributed by atoms with Gasteiger partial charge in [0.1, 0.15) is 0 Å². The Morgan fingerprint density at radius 2 is 1.72 bits per heavy atom. The van der Waals surface area contributed by atoms with Crippen molar-refractivity contribution in [3.05, 3.63) is 29.8 Å². The fourth-order valence-corrected chi connectivity index (χ4v) is 2.91. The third-order valence-electron chi connectivity index (χ3n) is 4.13. The fourth-order valence-electron chi connectivity index (χ4n) is 2.91. The first-order valence-electron chi connectivity index (χ1n) is 8.31. The molecule has 0 unspecified atom stereocenters. The Kier molecular flexibility index (Phi) is 7.70. The van der Waals surface area contributed by atoms with E-state index in [1.54, 1.807) is 12.1 Å². The van der Waals surface area contributed by atoms with Gasteiger partial charge in [0.2, 0.25) is 0 Å². The van der Waals surface area contributed by atoms with Gasteiger partial charge in [-0.25, -0.2) is 4.79 Å². The fraction of sp³-hybridized carbons (Fsp3) is 0.556. The lowest BCUT2D eigenvalue weighted by atomic mass is 10.0. The summed E-state index contributed by atoms with van der Waals surface area (Å²) in [6, 6.07) is 7.71. The van der Waals surface area contributed by atoms with E-state index in [0.29, 0.717) is 16.6 Å². The summed E-state index contributed by atoms with van der Waals surface area (Å²) in [5.41, 5.74) is 1.66. The molecule has 0 radical (unpaired) electrons. The average molecular weight is 370 g/mol. The van der Waals surface area contributed by atoms with E-state index in [9.17, 15) is 9.59 Å². The number of esters is 1. The van der Waals surface area contributed by atoms with Crippen molar-refractivity contribution in [3.8, 4) is 0 Å². The highest BCUT2D eigenvalue weighted by Crippen LogP contribution is 2.21. The Morgan fingerprint density at radius 1 is 1.16 bits per heavy atom. The molecule has 0 bridgehead atoms. The molecular formula is C18H28ClN3O3. The number of nitrogens with one attached hydrogen (secondary N) is 1. The zero-order valence-electron chi connectivity index (χ0n) is 15.4. The van der Waals surface area contributed by atoms with Gasteiger partial charge in [0.25, 0.3) is 5.91 Å². The van der Waals surface area contributed by atoms with E-state index in [-0.39, 0.29) is 30.3 Å². The van der Waals surface area contributed by atoms with Crippen LogP contribution in [0, 0.1) is 0 Å². The lowest BCUT2D eigenvalue weighted by molar-refractivity contribution is -0.862. The molecule has 0 saturated carbocycles. The molecule has 1 amide bonds. The van der Waals surface area contributed by atoms with Gasteiger partial charge in [-0.05, 0) is 37.1 Å². The van der Waals surface area contributed by atoms with Gasteiger partial charge in [-0.3, -0.25) is 4.79 Å². The van der Waals surface area contributed by atoms with Crippen LogP contribution in [0.3, 0.4) is 0 Å². The number of benzene rings is 1. The number of carbonyl (C=O) groups is 2. The van der Waals surface area contributed by atoms with Crippen molar-refractivity contribution < 1.29 is 31.2 Å². The van der Waals surface area contributed by atoms with Gasteiger partial charge in [-0.2, -0.15) is 0 Å². The number of nitrogens with zero attached hydrogens (tertiary/aromatic N) is 2. The normalized spacial score (nSPS) is 15.3. The number of rotatable bonds is 5. The summed E-state index contributed by atoms with van der Waals surface area (Å²) in [6.45, 7) is 2.29. The first-order valence-corrected chi connectivity index (χ1v) is 8.31. The summed E-state index contributed by atoms with van der Waals surface area (Å²) in [6.07, 6.45) is 1.86. The third kappa shape index (κ3) is 6.55. The van der Waals surface area contributed by atoms with Gasteiger partial charge >= 0.3 is 5.97 Å². The largest absolute Gasteiger partial charge is 1.00 e. The van der Waals surface area contributed by atoms with Crippen LogP contribution in [0.25, 0.3) is 0 Å². The number of piperidine rings is 1. The van der Waals surface area contributed by atoms with E-state index in [1.807, 2.05) is 33.3 Å². The maximum Gasteiger partial charge on any atom is 0.337 e. The molecule has 0 spiro atoms. The van der Waals surface area contributed by atoms with Crippen molar-refractivity contribution >= 4 is 17.6 Å². The second kappa shape index (κ2) is 9.06. The Balaban J connectivity index is 0.00000312. The number of methoxy groups -OCH3 is 1. The highest BCUT2D eigenvalue weighted by atomic mass is 35.5. The molecule has 0 aliphatic carbocycles. The summed E-state index contributed by atoms with van der Waals surface area (Å²) in [5, 5.41) is 3.14. The SMILES string of the molecule is COC(=O)c1ccc(N2CCC(NC(=O)C[N+](C)(C)C)CC2)cc1.[Cl-]. The smallest absolute Gasteiger partial charge is 0.337 e. The molecule has 6 nitrogen and oxygen atoms in total. The highest BCUT2D eigenvalue weighted by molar-refractivity contribution is 5.89. The van der Waals surface area contributed by atoms with E-state index in [1.165, 1.54) is 7.11 Å². The molecule has 1 N–H and O–H groups in total. The maximum atomic E-state index is 12.0. The monoisotopic (exact) mass is 369 g/mol. The van der Waals surface area contributed by atoms with Gasteiger partial charge in [0.05, 0.1) is 33.8 Å². The molecule has 1 fully saturated rings. The first-order chi connectivity index (χ1) is 11.3. The summed E-state index contributed by atoms with van der Waals surface area (Å²) in [7, 11) is 7.42. The molecule has 0 atom stereocenters. The maximum absolute atomic E-state index is 12.0. The van der Waals surface area contributed by atoms with Crippen LogP contribution in [-0.4, -0.2) is 70.3 Å². The van der Waals surface area contributed by atoms with E-state index in [2.05, 4.69) is 10.2 Å². The van der Waals surface area contributed by atoms with Crippen molar-refractivity contribution in [1.82, 2.24) is 5.32 Å². The third-order valence-corrected chi connectivity index (χ3v) is 4.13. The van der Waals surface area contributed by atoms with E-state index in [4.69, 9.17) is 4.74 Å². The Hall–Kier alpha value is -1.79. The second-order valence-corrected chi connectivity index (χ2v) is 7.32. The molecule has 1 aliphatic heterocycles. The first kappa shape index (κ1) is 21.3. The standard InChI is InChI=1S/C18H27N3O3.ClH/c1-21(2,3)13-17(22)19-15-9-11-20(12-10-15)16-7-5-14(6-8-16)18(23)24-4;/h5-8,15H,9-13H2,1-4H3;1H. The molecule has 1 heterocycles. The molecule has 1 saturated heterocycles. The molecular weight excluding hydrogens is 342 g/mol. The zero-order valence-corrected chi connectivity index (χ0v) is 16.2. The molecule has 7 heteroatoms. The number of hydrogen-bond donors (Lipinski definition) is 1. The summed E-state index contributed by atoms with van der Waals surface area (Å²) in [5.74, 6) is -0.205. The predicted molar refractivity (Wildman–Crippen MR) is 94.1 cm³/mol. The highest BCUT2D eigenvalue weighted by Gasteiger charge is 2.23. The number of ether oxygens (including phenoxy) is 1. The van der Waals surface area contributed by atoms with Crippen LogP contribution in [0.1, 0.15) is 23.2 Å². The molecule has 140 valence electrons. The van der Waals surface area contributed by atoms with Gasteiger partial charge in [0.15, 0.2) is 6.54 Å². The Labute approximate surface area is 156 Å². The quantitative estimate of drug-likeness (QED) is 0.495. The van der Waals surface area contributed by atoms with Gasteiger partial charge in [-0.1, -0.05) is 0 Å². The van der Waals surface area contributed by atoms with Crippen LogP contribution < -0.4 is 22.6 Å². The van der Waals surface area contributed by atoms with Crippen LogP contribution in [0.15, 0.2) is 24.3 Å². The van der Waals surface area contributed by atoms with E-state index >= 15 is 0 Å². The minimum absolute atomic E-state index is 0. The molecule has 2 rings (SSSR count). The number of carbonyl (C=O) groups excluding carboxylic acids is 2. The van der Waals surface area contributed by atoms with Crippen LogP contribution in [0.2, 0.25) is 0 Å². The van der Waals surface area contributed by atoms with Crippen molar-refractivity contribution in [3.63, 3.8) is 0 Å². The zero-order chi connectivity index (χ0) is 17.7. The van der Waals surface area contributed by atoms with Crippen molar-refractivity contribution in [2.45, 2.75) is 18.9 Å². The van der Waals surface area contributed by atoms with E-state index < -0.39 is 0 Å². The number of hydrogen-bond acceptors (Lipinski definition) is 4. The van der Waals surface area contributed by atoms with Crippen molar-refractivity contribution in [2.24, 2.45) is 0 Å². The van der Waals surface area contributed by atoms with Gasteiger partial charge in [0, 0.05) is 24.8 Å². The van der Waals surface area contributed by atoms with Crippen molar-refractivity contribution in [1.29, 1.82) is 0 Å². The van der Waals surface area contributed by atoms with Crippen LogP contribution in [0.5, 0.6) is 0 Å². The average Bonchev–Trinajstić information content (AvgIpc) is 2.53. The number of anilines is 1. The Morgan fingerprint density at radius 3 is 2.20 bits per heavy atom. The van der Waals surface area contributed by atoms with Gasteiger partial charge < -0.3 is 31.8 Å². The minimum Gasteiger partial charge on any atom is -1.00 e. The van der Waals surface area contributed by atoms with Crippen molar-refractivity contribution in [2.75, 3.05) is 52.8 Å². The number of quaternary nitrogens is 1. The number of halogens is 1. The summed E-state index contributed by atoms with van der Waals surface area (Å²) >= 11 is 0. The van der Waals surface area contributed by atoms with Gasteiger partial charge in [-0.15, -0.1) is 0 Å². The van der Waals surface area contributed by atoms with Crippen LogP contribution in [0.4, 0.5) is 5.69 Å². The molecule has 25 heavy (non-hydrogen) atoms. The van der Waals surface area contributed by atoms with Crippen LogP contribution >= 0.6 is 0 Å². The predicted octanol–water partition coefficient (Wildman–Crippen LogP) is -1.73. The summed E-state index contributed by atoms with van der Waals surface area (Å²) in [4.78, 5) is 25.8. The lowest BCUT2D eigenvalue weighted by Gasteiger charge is -2.34. The molecule has 1 aliphatic rings. The number of amides is 1. The Bertz CT molecular complexity index is 576.